The maximum absolute atomic E-state index is 6.00. The predicted molar refractivity (Wildman–Crippen MR) is 57.1 cm³/mol. The third-order valence-corrected chi connectivity index (χ3v) is 3.77. The Balaban J connectivity index is 2.37. The van der Waals surface area contributed by atoms with Gasteiger partial charge in [0.2, 0.25) is 0 Å². The van der Waals surface area contributed by atoms with Gasteiger partial charge in [0, 0.05) is 11.6 Å². The van der Waals surface area contributed by atoms with Crippen LogP contribution in [0.15, 0.2) is 22.7 Å². The van der Waals surface area contributed by atoms with E-state index in [0.717, 1.165) is 22.3 Å². The summed E-state index contributed by atoms with van der Waals surface area (Å²) in [6, 6.07) is 6.01. The molecular weight excluding hydrogens is 251 g/mol. The zero-order valence-electron chi connectivity index (χ0n) is 7.31. The van der Waals surface area contributed by atoms with Crippen LogP contribution in [0.25, 0.3) is 0 Å². The lowest BCUT2D eigenvalue weighted by atomic mass is 10.1. The molecule has 0 spiro atoms. The molecule has 0 aliphatic heterocycles. The molecule has 0 atom stereocenters. The molecule has 1 aliphatic carbocycles. The van der Waals surface area contributed by atoms with Crippen molar-refractivity contribution in [1.29, 1.82) is 0 Å². The molecule has 0 saturated heterocycles. The molecule has 0 unspecified atom stereocenters. The van der Waals surface area contributed by atoms with Crippen molar-refractivity contribution in [2.45, 2.75) is 18.4 Å². The lowest BCUT2D eigenvalue weighted by Gasteiger charge is -2.13. The minimum atomic E-state index is -0.0374. The summed E-state index contributed by atoms with van der Waals surface area (Å²) >= 11 is 9.37. The van der Waals surface area contributed by atoms with E-state index in [-0.39, 0.29) is 5.60 Å². The maximum atomic E-state index is 6.00. The summed E-state index contributed by atoms with van der Waals surface area (Å²) in [6.07, 6.45) is 2.20. The summed E-state index contributed by atoms with van der Waals surface area (Å²) in [5, 5.41) is 0.751. The monoisotopic (exact) mass is 260 g/mol. The van der Waals surface area contributed by atoms with Crippen LogP contribution >= 0.6 is 27.5 Å². The molecule has 0 aromatic heterocycles. The Morgan fingerprint density at radius 1 is 1.46 bits per heavy atom. The van der Waals surface area contributed by atoms with Crippen molar-refractivity contribution < 1.29 is 4.74 Å². The molecule has 1 aromatic carbocycles. The van der Waals surface area contributed by atoms with Crippen LogP contribution in [0.5, 0.6) is 0 Å². The van der Waals surface area contributed by atoms with Crippen LogP contribution in [0.1, 0.15) is 18.4 Å². The Hall–Kier alpha value is -0.0500. The van der Waals surface area contributed by atoms with Crippen LogP contribution < -0.4 is 0 Å². The van der Waals surface area contributed by atoms with E-state index in [4.69, 9.17) is 16.3 Å². The fourth-order valence-electron chi connectivity index (χ4n) is 1.50. The number of halogens is 2. The molecule has 1 fully saturated rings. The van der Waals surface area contributed by atoms with E-state index in [0.29, 0.717) is 0 Å². The lowest BCUT2D eigenvalue weighted by Crippen LogP contribution is -2.08. The molecule has 1 aliphatic rings. The van der Waals surface area contributed by atoms with E-state index in [9.17, 15) is 0 Å². The number of methoxy groups -OCH3 is 1. The van der Waals surface area contributed by atoms with E-state index >= 15 is 0 Å². The van der Waals surface area contributed by atoms with Crippen molar-refractivity contribution in [2.24, 2.45) is 0 Å². The summed E-state index contributed by atoms with van der Waals surface area (Å²) in [5.74, 6) is 0. The fourth-order valence-corrected chi connectivity index (χ4v) is 1.93. The highest BCUT2D eigenvalue weighted by Crippen LogP contribution is 2.49. The molecule has 1 aromatic rings. The van der Waals surface area contributed by atoms with Crippen LogP contribution in [0.3, 0.4) is 0 Å². The highest BCUT2D eigenvalue weighted by Gasteiger charge is 2.44. The Kier molecular flexibility index (Phi) is 2.39. The first-order chi connectivity index (χ1) is 6.18. The second kappa shape index (κ2) is 3.26. The molecule has 13 heavy (non-hydrogen) atoms. The number of benzene rings is 1. The zero-order chi connectivity index (χ0) is 9.47. The Morgan fingerprint density at radius 2 is 2.15 bits per heavy atom. The number of ether oxygens (including phenoxy) is 1. The molecule has 70 valence electrons. The molecule has 0 amide bonds. The third-order valence-electron chi connectivity index (χ3n) is 2.54. The number of hydrogen-bond acceptors (Lipinski definition) is 1. The third kappa shape index (κ3) is 1.63. The average molecular weight is 262 g/mol. The van der Waals surface area contributed by atoms with Crippen LogP contribution in [0.2, 0.25) is 5.02 Å². The normalized spacial score (nSPS) is 18.7. The zero-order valence-corrected chi connectivity index (χ0v) is 9.65. The van der Waals surface area contributed by atoms with Crippen molar-refractivity contribution >= 4 is 27.5 Å². The highest BCUT2D eigenvalue weighted by molar-refractivity contribution is 9.10. The van der Waals surface area contributed by atoms with Crippen LogP contribution in [0.4, 0.5) is 0 Å². The standard InChI is InChI=1S/C10H10BrClO/c1-13-10(4-5-10)7-2-3-8(11)9(12)6-7/h2-3,6H,4-5H2,1H3. The predicted octanol–water partition coefficient (Wildman–Crippen LogP) is 3.74. The Labute approximate surface area is 91.2 Å². The number of rotatable bonds is 2. The van der Waals surface area contributed by atoms with Gasteiger partial charge in [-0.15, -0.1) is 0 Å². The van der Waals surface area contributed by atoms with Gasteiger partial charge in [-0.3, -0.25) is 0 Å². The van der Waals surface area contributed by atoms with Crippen LogP contribution in [-0.4, -0.2) is 7.11 Å². The topological polar surface area (TPSA) is 9.23 Å². The lowest BCUT2D eigenvalue weighted by molar-refractivity contribution is 0.0789. The first-order valence-corrected chi connectivity index (χ1v) is 5.36. The van der Waals surface area contributed by atoms with Crippen molar-refractivity contribution in [3.63, 3.8) is 0 Å². The highest BCUT2D eigenvalue weighted by atomic mass is 79.9. The molecule has 1 saturated carbocycles. The second-order valence-corrected chi connectivity index (χ2v) is 4.59. The second-order valence-electron chi connectivity index (χ2n) is 3.33. The van der Waals surface area contributed by atoms with Gasteiger partial charge in [0.05, 0.1) is 10.6 Å². The SMILES string of the molecule is COC1(c2ccc(Br)c(Cl)c2)CC1. The van der Waals surface area contributed by atoms with Gasteiger partial charge >= 0.3 is 0 Å². The maximum Gasteiger partial charge on any atom is 0.0930 e. The smallest absolute Gasteiger partial charge is 0.0930 e. The van der Waals surface area contributed by atoms with Gasteiger partial charge in [-0.1, -0.05) is 17.7 Å². The van der Waals surface area contributed by atoms with E-state index in [1.54, 1.807) is 7.11 Å². The quantitative estimate of drug-likeness (QED) is 0.788. The van der Waals surface area contributed by atoms with Gasteiger partial charge in [-0.05, 0) is 46.5 Å². The van der Waals surface area contributed by atoms with Gasteiger partial charge in [0.25, 0.3) is 0 Å². The van der Waals surface area contributed by atoms with Gasteiger partial charge in [-0.25, -0.2) is 0 Å². The van der Waals surface area contributed by atoms with Gasteiger partial charge in [-0.2, -0.15) is 0 Å². The summed E-state index contributed by atoms with van der Waals surface area (Å²) in [4.78, 5) is 0. The van der Waals surface area contributed by atoms with E-state index < -0.39 is 0 Å². The molecule has 0 N–H and O–H groups in total. The first-order valence-electron chi connectivity index (χ1n) is 4.19. The molecule has 1 nitrogen and oxygen atoms in total. The van der Waals surface area contributed by atoms with Crippen molar-refractivity contribution in [3.05, 3.63) is 33.3 Å². The molecule has 2 rings (SSSR count). The number of hydrogen-bond donors (Lipinski definition) is 0. The van der Waals surface area contributed by atoms with E-state index in [1.165, 1.54) is 5.56 Å². The average Bonchev–Trinajstić information content (AvgIpc) is 2.90. The molecule has 0 heterocycles. The van der Waals surface area contributed by atoms with Gasteiger partial charge in [0.15, 0.2) is 0 Å². The van der Waals surface area contributed by atoms with E-state index in [2.05, 4.69) is 22.0 Å². The van der Waals surface area contributed by atoms with Gasteiger partial charge < -0.3 is 4.74 Å². The van der Waals surface area contributed by atoms with Crippen molar-refractivity contribution in [2.75, 3.05) is 7.11 Å². The fraction of sp³-hybridized carbons (Fsp3) is 0.400. The first kappa shape index (κ1) is 9.50. The Bertz CT molecular complexity index is 334. The Morgan fingerprint density at radius 3 is 2.62 bits per heavy atom. The van der Waals surface area contributed by atoms with Gasteiger partial charge in [0.1, 0.15) is 0 Å². The minimum Gasteiger partial charge on any atom is -0.374 e. The van der Waals surface area contributed by atoms with E-state index in [1.807, 2.05) is 12.1 Å². The summed E-state index contributed by atoms with van der Waals surface area (Å²) < 4.78 is 6.39. The van der Waals surface area contributed by atoms with Crippen LogP contribution in [0, 0.1) is 0 Å². The summed E-state index contributed by atoms with van der Waals surface area (Å²) in [5.41, 5.74) is 1.15. The molecule has 3 heteroatoms. The summed E-state index contributed by atoms with van der Waals surface area (Å²) in [6.45, 7) is 0. The van der Waals surface area contributed by atoms with Crippen LogP contribution in [-0.2, 0) is 10.3 Å². The van der Waals surface area contributed by atoms with Crippen molar-refractivity contribution in [3.8, 4) is 0 Å². The molecule has 0 radical (unpaired) electrons. The summed E-state index contributed by atoms with van der Waals surface area (Å²) in [7, 11) is 1.75. The molecule has 0 bridgehead atoms. The van der Waals surface area contributed by atoms with Crippen molar-refractivity contribution in [1.82, 2.24) is 0 Å². The minimum absolute atomic E-state index is 0.0374. The largest absolute Gasteiger partial charge is 0.374 e. The molecular formula is C10H10BrClO.